The maximum Gasteiger partial charge on any atom is 0.0991 e. The van der Waals surface area contributed by atoms with Crippen molar-refractivity contribution in [1.29, 1.82) is 0 Å². The molecule has 0 spiro atoms. The van der Waals surface area contributed by atoms with Gasteiger partial charge in [-0.15, -0.1) is 0 Å². The highest BCUT2D eigenvalue weighted by Crippen LogP contribution is 2.24. The van der Waals surface area contributed by atoms with Crippen LogP contribution < -0.4 is 0 Å². The van der Waals surface area contributed by atoms with Crippen molar-refractivity contribution >= 4 is 11.8 Å². The van der Waals surface area contributed by atoms with Crippen molar-refractivity contribution in [1.82, 2.24) is 0 Å². The minimum Gasteiger partial charge on any atom is -0.500 e. The van der Waals surface area contributed by atoms with Crippen LogP contribution in [0.1, 0.15) is 26.2 Å². The molecule has 64 valence electrons. The van der Waals surface area contributed by atoms with Crippen molar-refractivity contribution in [3.63, 3.8) is 0 Å². The molecule has 1 fully saturated rings. The third-order valence-electron chi connectivity index (χ3n) is 1.79. The van der Waals surface area contributed by atoms with Crippen LogP contribution in [-0.2, 0) is 4.74 Å². The molecular formula is C9H16OS. The van der Waals surface area contributed by atoms with Gasteiger partial charge in [-0.2, -0.15) is 11.8 Å². The molecule has 1 heterocycles. The zero-order valence-corrected chi connectivity index (χ0v) is 7.90. The Morgan fingerprint density at radius 3 is 3.09 bits per heavy atom. The van der Waals surface area contributed by atoms with Gasteiger partial charge in [0.2, 0.25) is 0 Å². The molecular weight excluding hydrogens is 156 g/mol. The van der Waals surface area contributed by atoms with E-state index in [1.165, 1.54) is 25.0 Å². The van der Waals surface area contributed by atoms with Crippen molar-refractivity contribution in [3.8, 4) is 0 Å². The van der Waals surface area contributed by atoms with Gasteiger partial charge in [-0.3, -0.25) is 0 Å². The summed E-state index contributed by atoms with van der Waals surface area (Å²) in [6, 6.07) is 0. The quantitative estimate of drug-likeness (QED) is 0.605. The van der Waals surface area contributed by atoms with Crippen molar-refractivity contribution in [2.24, 2.45) is 0 Å². The third kappa shape index (κ3) is 3.71. The molecule has 1 rings (SSSR count). The standard InChI is InChI=1S/C9H16OS/c1-2-6-10-8-9-5-3-4-7-11-9/h2,6,9H,3-5,7-8H2,1H3/b6-2+. The Balaban J connectivity index is 2.04. The monoisotopic (exact) mass is 172 g/mol. The summed E-state index contributed by atoms with van der Waals surface area (Å²) in [5, 5.41) is 0.750. The summed E-state index contributed by atoms with van der Waals surface area (Å²) >= 11 is 2.05. The molecule has 0 amide bonds. The van der Waals surface area contributed by atoms with Gasteiger partial charge in [-0.25, -0.2) is 0 Å². The van der Waals surface area contributed by atoms with Gasteiger partial charge in [0.15, 0.2) is 0 Å². The molecule has 0 aromatic rings. The van der Waals surface area contributed by atoms with Gasteiger partial charge >= 0.3 is 0 Å². The maximum absolute atomic E-state index is 5.32. The van der Waals surface area contributed by atoms with Crippen LogP contribution in [0.3, 0.4) is 0 Å². The number of thioether (sulfide) groups is 1. The van der Waals surface area contributed by atoms with Crippen LogP contribution in [0, 0.1) is 0 Å². The number of ether oxygens (including phenoxy) is 1. The van der Waals surface area contributed by atoms with Gasteiger partial charge in [-0.1, -0.05) is 12.5 Å². The Morgan fingerprint density at radius 2 is 2.45 bits per heavy atom. The largest absolute Gasteiger partial charge is 0.500 e. The van der Waals surface area contributed by atoms with E-state index >= 15 is 0 Å². The molecule has 1 unspecified atom stereocenters. The van der Waals surface area contributed by atoms with Gasteiger partial charge in [0.05, 0.1) is 12.9 Å². The molecule has 0 saturated carbocycles. The van der Waals surface area contributed by atoms with Crippen LogP contribution in [-0.4, -0.2) is 17.6 Å². The highest BCUT2D eigenvalue weighted by Gasteiger charge is 2.13. The Labute approximate surface area is 73.2 Å². The summed E-state index contributed by atoms with van der Waals surface area (Å²) in [5.41, 5.74) is 0. The lowest BCUT2D eigenvalue weighted by molar-refractivity contribution is 0.244. The van der Waals surface area contributed by atoms with Crippen molar-refractivity contribution < 1.29 is 4.74 Å². The Hall–Kier alpha value is -0.110. The first kappa shape index (κ1) is 8.98. The van der Waals surface area contributed by atoms with Crippen molar-refractivity contribution in [2.75, 3.05) is 12.4 Å². The molecule has 0 aromatic carbocycles. The number of rotatable bonds is 3. The summed E-state index contributed by atoms with van der Waals surface area (Å²) < 4.78 is 5.32. The van der Waals surface area contributed by atoms with E-state index in [0.717, 1.165) is 11.9 Å². The fourth-order valence-electron chi connectivity index (χ4n) is 1.20. The first-order valence-corrected chi connectivity index (χ1v) is 5.32. The van der Waals surface area contributed by atoms with Gasteiger partial charge in [0.1, 0.15) is 0 Å². The highest BCUT2D eigenvalue weighted by molar-refractivity contribution is 7.99. The van der Waals surface area contributed by atoms with E-state index in [0.29, 0.717) is 0 Å². The Bertz CT molecular complexity index is 117. The lowest BCUT2D eigenvalue weighted by atomic mass is 10.2. The van der Waals surface area contributed by atoms with Crippen LogP contribution in [0.5, 0.6) is 0 Å². The average Bonchev–Trinajstić information content (AvgIpc) is 2.07. The van der Waals surface area contributed by atoms with Crippen molar-refractivity contribution in [2.45, 2.75) is 31.4 Å². The van der Waals surface area contributed by atoms with E-state index in [-0.39, 0.29) is 0 Å². The minimum absolute atomic E-state index is 0.750. The maximum atomic E-state index is 5.32. The zero-order chi connectivity index (χ0) is 7.94. The molecule has 0 aromatic heterocycles. The van der Waals surface area contributed by atoms with Crippen LogP contribution >= 0.6 is 11.8 Å². The Kier molecular flexibility index (Phi) is 4.51. The predicted molar refractivity (Wildman–Crippen MR) is 50.9 cm³/mol. The van der Waals surface area contributed by atoms with Crippen LogP contribution in [0.2, 0.25) is 0 Å². The molecule has 1 saturated heterocycles. The minimum atomic E-state index is 0.750. The van der Waals surface area contributed by atoms with Gasteiger partial charge in [-0.05, 0) is 25.5 Å². The van der Waals surface area contributed by atoms with Crippen LogP contribution in [0.4, 0.5) is 0 Å². The smallest absolute Gasteiger partial charge is 0.0991 e. The molecule has 0 bridgehead atoms. The highest BCUT2D eigenvalue weighted by atomic mass is 32.2. The van der Waals surface area contributed by atoms with E-state index < -0.39 is 0 Å². The third-order valence-corrected chi connectivity index (χ3v) is 3.16. The van der Waals surface area contributed by atoms with Gasteiger partial charge < -0.3 is 4.74 Å². The van der Waals surface area contributed by atoms with E-state index in [9.17, 15) is 0 Å². The molecule has 11 heavy (non-hydrogen) atoms. The predicted octanol–water partition coefficient (Wildman–Crippen LogP) is 2.82. The zero-order valence-electron chi connectivity index (χ0n) is 7.08. The molecule has 1 aliphatic heterocycles. The topological polar surface area (TPSA) is 9.23 Å². The van der Waals surface area contributed by atoms with E-state index in [1.807, 2.05) is 13.0 Å². The fourth-order valence-corrected chi connectivity index (χ4v) is 2.41. The lowest BCUT2D eigenvalue weighted by Gasteiger charge is -2.20. The number of allylic oxidation sites excluding steroid dienone is 1. The van der Waals surface area contributed by atoms with Crippen LogP contribution in [0.25, 0.3) is 0 Å². The summed E-state index contributed by atoms with van der Waals surface area (Å²) in [6.45, 7) is 2.88. The van der Waals surface area contributed by atoms with Crippen molar-refractivity contribution in [3.05, 3.63) is 12.3 Å². The van der Waals surface area contributed by atoms with E-state index in [1.54, 1.807) is 6.26 Å². The number of hydrogen-bond donors (Lipinski definition) is 0. The normalized spacial score (nSPS) is 25.7. The Morgan fingerprint density at radius 1 is 1.55 bits per heavy atom. The summed E-state index contributed by atoms with van der Waals surface area (Å²) in [6.07, 6.45) is 7.84. The molecule has 0 aliphatic carbocycles. The summed E-state index contributed by atoms with van der Waals surface area (Å²) in [7, 11) is 0. The molecule has 2 heteroatoms. The second kappa shape index (κ2) is 5.53. The molecule has 1 atom stereocenters. The van der Waals surface area contributed by atoms with Gasteiger partial charge in [0.25, 0.3) is 0 Å². The summed E-state index contributed by atoms with van der Waals surface area (Å²) in [4.78, 5) is 0. The fraction of sp³-hybridized carbons (Fsp3) is 0.778. The van der Waals surface area contributed by atoms with E-state index in [4.69, 9.17) is 4.74 Å². The van der Waals surface area contributed by atoms with Gasteiger partial charge in [0, 0.05) is 5.25 Å². The molecule has 1 aliphatic rings. The first-order valence-electron chi connectivity index (χ1n) is 4.28. The SMILES string of the molecule is C/C=C/OCC1CCCCS1. The average molecular weight is 172 g/mol. The molecule has 0 N–H and O–H groups in total. The summed E-state index contributed by atoms with van der Waals surface area (Å²) in [5.74, 6) is 1.32. The van der Waals surface area contributed by atoms with Crippen LogP contribution in [0.15, 0.2) is 12.3 Å². The second-order valence-corrected chi connectivity index (χ2v) is 4.20. The molecule has 0 radical (unpaired) electrons. The second-order valence-electron chi connectivity index (χ2n) is 2.79. The first-order chi connectivity index (χ1) is 5.43. The van der Waals surface area contributed by atoms with E-state index in [2.05, 4.69) is 11.8 Å². The molecule has 1 nitrogen and oxygen atoms in total. The lowest BCUT2D eigenvalue weighted by Crippen LogP contribution is -2.14. The number of hydrogen-bond acceptors (Lipinski definition) is 2.